The van der Waals surface area contributed by atoms with Crippen molar-refractivity contribution in [1.29, 1.82) is 0 Å². The predicted molar refractivity (Wildman–Crippen MR) is 82.0 cm³/mol. The van der Waals surface area contributed by atoms with E-state index < -0.39 is 10.0 Å². The molecule has 0 radical (unpaired) electrons. The first kappa shape index (κ1) is 15.4. The van der Waals surface area contributed by atoms with Gasteiger partial charge in [-0.3, -0.25) is 0 Å². The molecule has 22 heavy (non-hydrogen) atoms. The predicted octanol–water partition coefficient (Wildman–Crippen LogP) is 1.25. The second-order valence-electron chi connectivity index (χ2n) is 5.87. The maximum Gasteiger partial charge on any atom is 0.257 e. The van der Waals surface area contributed by atoms with Crippen LogP contribution in [0.4, 0.5) is 0 Å². The maximum absolute atomic E-state index is 12.8. The molecule has 0 aromatic carbocycles. The molecule has 3 heterocycles. The average molecular weight is 324 g/mol. The molecule has 3 rings (SSSR count). The van der Waals surface area contributed by atoms with Crippen molar-refractivity contribution in [3.05, 3.63) is 18.0 Å². The summed E-state index contributed by atoms with van der Waals surface area (Å²) >= 11 is 0. The van der Waals surface area contributed by atoms with Crippen molar-refractivity contribution >= 4 is 21.1 Å². The van der Waals surface area contributed by atoms with Crippen molar-refractivity contribution in [3.8, 4) is 0 Å². The molecule has 1 fully saturated rings. The number of piperidine rings is 1. The molecule has 0 spiro atoms. The van der Waals surface area contributed by atoms with Gasteiger partial charge in [0.15, 0.2) is 0 Å². The lowest BCUT2D eigenvalue weighted by Crippen LogP contribution is -2.47. The molecule has 1 unspecified atom stereocenters. The van der Waals surface area contributed by atoms with Crippen molar-refractivity contribution in [2.75, 3.05) is 27.2 Å². The Kier molecular flexibility index (Phi) is 3.92. The molecule has 0 saturated carbocycles. The highest BCUT2D eigenvalue weighted by Gasteiger charge is 2.31. The third-order valence-electron chi connectivity index (χ3n) is 4.28. The topological polar surface area (TPSA) is 79.5 Å². The molecule has 1 aliphatic rings. The Morgan fingerprint density at radius 2 is 2.23 bits per heavy atom. The van der Waals surface area contributed by atoms with Crippen LogP contribution in [-0.4, -0.2) is 61.0 Å². The molecular formula is C14H20N4O3S. The van der Waals surface area contributed by atoms with Gasteiger partial charge in [0.1, 0.15) is 4.90 Å². The molecule has 7 nitrogen and oxygen atoms in total. The monoisotopic (exact) mass is 324 g/mol. The molecule has 0 aliphatic carbocycles. The van der Waals surface area contributed by atoms with Crippen LogP contribution < -0.4 is 0 Å². The van der Waals surface area contributed by atoms with Gasteiger partial charge in [0.05, 0.1) is 17.3 Å². The minimum absolute atomic E-state index is 0.0111. The molecule has 8 heteroatoms. The second kappa shape index (κ2) is 5.60. The number of pyridine rings is 1. The zero-order valence-corrected chi connectivity index (χ0v) is 13.8. The van der Waals surface area contributed by atoms with Gasteiger partial charge < -0.3 is 9.42 Å². The van der Waals surface area contributed by atoms with Gasteiger partial charge in [-0.25, -0.2) is 13.4 Å². The van der Waals surface area contributed by atoms with Crippen LogP contribution in [0.2, 0.25) is 0 Å². The Morgan fingerprint density at radius 1 is 1.45 bits per heavy atom. The summed E-state index contributed by atoms with van der Waals surface area (Å²) < 4.78 is 32.2. The first-order valence-corrected chi connectivity index (χ1v) is 8.72. The van der Waals surface area contributed by atoms with E-state index in [4.69, 9.17) is 4.52 Å². The van der Waals surface area contributed by atoms with Gasteiger partial charge in [-0.2, -0.15) is 4.31 Å². The highest BCUT2D eigenvalue weighted by atomic mass is 32.2. The van der Waals surface area contributed by atoms with Gasteiger partial charge in [-0.15, -0.1) is 0 Å². The first-order chi connectivity index (χ1) is 10.4. The summed E-state index contributed by atoms with van der Waals surface area (Å²) in [6.45, 7) is 3.53. The smallest absolute Gasteiger partial charge is 0.257 e. The third kappa shape index (κ3) is 2.62. The van der Waals surface area contributed by atoms with Crippen LogP contribution in [0.3, 0.4) is 0 Å². The molecule has 0 N–H and O–H groups in total. The SMILES string of the molecule is Cc1noc2ncc(S(=O)(=O)N(C)C3CCCN(C)C3)cc12. The van der Waals surface area contributed by atoms with Crippen LogP contribution in [0.5, 0.6) is 0 Å². The van der Waals surface area contributed by atoms with E-state index in [0.29, 0.717) is 16.8 Å². The average Bonchev–Trinajstić information content (AvgIpc) is 2.87. The lowest BCUT2D eigenvalue weighted by molar-refractivity contribution is 0.187. The molecule has 2 aromatic rings. The number of fused-ring (bicyclic) bond motifs is 1. The first-order valence-electron chi connectivity index (χ1n) is 7.28. The zero-order valence-electron chi connectivity index (χ0n) is 13.0. The van der Waals surface area contributed by atoms with Gasteiger partial charge in [0.25, 0.3) is 5.71 Å². The standard InChI is InChI=1S/C14H20N4O3S/c1-10-13-7-12(8-15-14(13)21-16-10)22(19,20)18(3)11-5-4-6-17(2)9-11/h7-8,11H,4-6,9H2,1-3H3. The molecule has 1 atom stereocenters. The van der Waals surface area contributed by atoms with Crippen LogP contribution >= 0.6 is 0 Å². The summed E-state index contributed by atoms with van der Waals surface area (Å²) in [7, 11) is 0.0839. The van der Waals surface area contributed by atoms with Gasteiger partial charge in [0.2, 0.25) is 10.0 Å². The van der Waals surface area contributed by atoms with E-state index in [1.54, 1.807) is 20.0 Å². The van der Waals surface area contributed by atoms with Crippen molar-refractivity contribution in [3.63, 3.8) is 0 Å². The van der Waals surface area contributed by atoms with Crippen molar-refractivity contribution < 1.29 is 12.9 Å². The molecule has 1 saturated heterocycles. The normalized spacial score (nSPS) is 20.8. The fraction of sp³-hybridized carbons (Fsp3) is 0.571. The van der Waals surface area contributed by atoms with Gasteiger partial charge in [0, 0.05) is 19.6 Å². The molecule has 120 valence electrons. The van der Waals surface area contributed by atoms with Gasteiger partial charge in [-0.05, 0) is 39.4 Å². The Hall–Kier alpha value is -1.51. The number of likely N-dealkylation sites (tertiary alicyclic amines) is 1. The Bertz CT molecular complexity index is 786. The molecule has 0 amide bonds. The second-order valence-corrected chi connectivity index (χ2v) is 7.87. The summed E-state index contributed by atoms with van der Waals surface area (Å²) in [5.74, 6) is 0. The lowest BCUT2D eigenvalue weighted by atomic mass is 10.1. The number of aromatic nitrogens is 2. The molecule has 1 aliphatic heterocycles. The summed E-state index contributed by atoms with van der Waals surface area (Å²) in [6.07, 6.45) is 3.22. The Labute approximate surface area is 129 Å². The number of aryl methyl sites for hydroxylation is 1. The number of sulfonamides is 1. The lowest BCUT2D eigenvalue weighted by Gasteiger charge is -2.35. The minimum atomic E-state index is -3.57. The van der Waals surface area contributed by atoms with E-state index in [-0.39, 0.29) is 10.9 Å². The highest BCUT2D eigenvalue weighted by molar-refractivity contribution is 7.89. The summed E-state index contributed by atoms with van der Waals surface area (Å²) in [5, 5.41) is 4.45. The fourth-order valence-corrected chi connectivity index (χ4v) is 4.22. The largest absolute Gasteiger partial charge is 0.336 e. The summed E-state index contributed by atoms with van der Waals surface area (Å²) in [4.78, 5) is 6.41. The Morgan fingerprint density at radius 3 is 2.95 bits per heavy atom. The number of hydrogen-bond acceptors (Lipinski definition) is 6. The summed E-state index contributed by atoms with van der Waals surface area (Å²) in [5.41, 5.74) is 0.996. The number of likely N-dealkylation sites (N-methyl/N-ethyl adjacent to an activating group) is 2. The van der Waals surface area contributed by atoms with E-state index in [1.807, 2.05) is 7.05 Å². The van der Waals surface area contributed by atoms with Crippen LogP contribution in [0.15, 0.2) is 21.7 Å². The van der Waals surface area contributed by atoms with E-state index in [1.165, 1.54) is 10.5 Å². The highest BCUT2D eigenvalue weighted by Crippen LogP contribution is 2.24. The van der Waals surface area contributed by atoms with Crippen molar-refractivity contribution in [2.24, 2.45) is 0 Å². The van der Waals surface area contributed by atoms with Gasteiger partial charge >= 0.3 is 0 Å². The Balaban J connectivity index is 1.94. The van der Waals surface area contributed by atoms with Crippen LogP contribution in [0.25, 0.3) is 11.1 Å². The maximum atomic E-state index is 12.8. The number of rotatable bonds is 3. The molecule has 2 aromatic heterocycles. The minimum Gasteiger partial charge on any atom is -0.336 e. The summed E-state index contributed by atoms with van der Waals surface area (Å²) in [6, 6.07) is 1.58. The van der Waals surface area contributed by atoms with Crippen molar-refractivity contribution in [1.82, 2.24) is 19.3 Å². The van der Waals surface area contributed by atoms with Crippen LogP contribution in [0, 0.1) is 6.92 Å². The number of hydrogen-bond donors (Lipinski definition) is 0. The van der Waals surface area contributed by atoms with Crippen LogP contribution in [-0.2, 0) is 10.0 Å². The zero-order chi connectivity index (χ0) is 15.9. The molecule has 0 bridgehead atoms. The van der Waals surface area contributed by atoms with E-state index in [9.17, 15) is 8.42 Å². The van der Waals surface area contributed by atoms with E-state index >= 15 is 0 Å². The van der Waals surface area contributed by atoms with Crippen LogP contribution in [0.1, 0.15) is 18.5 Å². The third-order valence-corrected chi connectivity index (χ3v) is 6.15. The van der Waals surface area contributed by atoms with Gasteiger partial charge in [-0.1, -0.05) is 5.16 Å². The molecular weight excluding hydrogens is 304 g/mol. The van der Waals surface area contributed by atoms with E-state index in [0.717, 1.165) is 25.9 Å². The fourth-order valence-electron chi connectivity index (χ4n) is 2.87. The number of nitrogens with zero attached hydrogens (tertiary/aromatic N) is 4. The van der Waals surface area contributed by atoms with Crippen molar-refractivity contribution in [2.45, 2.75) is 30.7 Å². The quantitative estimate of drug-likeness (QED) is 0.845. The van der Waals surface area contributed by atoms with E-state index in [2.05, 4.69) is 15.0 Å².